The van der Waals surface area contributed by atoms with Crippen molar-refractivity contribution in [2.45, 2.75) is 27.2 Å². The second kappa shape index (κ2) is 4.31. The number of nitrogens with one attached hydrogen (secondary N) is 1. The van der Waals surface area contributed by atoms with E-state index in [2.05, 4.69) is 43.2 Å². The van der Waals surface area contributed by atoms with Crippen molar-refractivity contribution in [3.05, 3.63) is 29.1 Å². The van der Waals surface area contributed by atoms with Crippen LogP contribution in [0.25, 0.3) is 0 Å². The van der Waals surface area contributed by atoms with Gasteiger partial charge < -0.3 is 5.32 Å². The van der Waals surface area contributed by atoms with Crippen LogP contribution in [-0.4, -0.2) is 18.1 Å². The van der Waals surface area contributed by atoms with E-state index in [1.54, 1.807) is 0 Å². The first-order valence-electron chi connectivity index (χ1n) is 5.80. The van der Waals surface area contributed by atoms with Gasteiger partial charge in [0.1, 0.15) is 0 Å². The van der Waals surface area contributed by atoms with E-state index in [9.17, 15) is 0 Å². The molecule has 1 N–H and O–H groups in total. The lowest BCUT2D eigenvalue weighted by Crippen LogP contribution is -2.13. The van der Waals surface area contributed by atoms with E-state index in [0.717, 1.165) is 23.2 Å². The van der Waals surface area contributed by atoms with Crippen molar-refractivity contribution < 1.29 is 0 Å². The van der Waals surface area contributed by atoms with Gasteiger partial charge in [0.25, 0.3) is 0 Å². The molecule has 2 nitrogen and oxygen atoms in total. The zero-order chi connectivity index (χ0) is 10.8. The van der Waals surface area contributed by atoms with Crippen molar-refractivity contribution in [2.75, 3.05) is 13.1 Å². The lowest BCUT2D eigenvalue weighted by atomic mass is 9.91. The summed E-state index contributed by atoms with van der Waals surface area (Å²) in [6.45, 7) is 8.83. The Morgan fingerprint density at radius 3 is 2.47 bits per heavy atom. The monoisotopic (exact) mass is 204 g/mol. The number of nitrogens with zero attached hydrogens (tertiary/aromatic N) is 1. The van der Waals surface area contributed by atoms with Gasteiger partial charge in [-0.05, 0) is 62.9 Å². The first-order chi connectivity index (χ1) is 7.15. The third kappa shape index (κ3) is 2.57. The summed E-state index contributed by atoms with van der Waals surface area (Å²) < 4.78 is 0. The molecule has 0 amide bonds. The fourth-order valence-electron chi connectivity index (χ4n) is 2.48. The third-order valence-corrected chi connectivity index (χ3v) is 3.32. The highest BCUT2D eigenvalue weighted by Crippen LogP contribution is 2.21. The minimum absolute atomic E-state index is 0.797. The van der Waals surface area contributed by atoms with Crippen molar-refractivity contribution in [1.82, 2.24) is 10.3 Å². The number of aryl methyl sites for hydroxylation is 2. The van der Waals surface area contributed by atoms with Gasteiger partial charge in [0.05, 0.1) is 0 Å². The first-order valence-corrected chi connectivity index (χ1v) is 5.80. The van der Waals surface area contributed by atoms with Crippen LogP contribution in [0.3, 0.4) is 0 Å². The van der Waals surface area contributed by atoms with Crippen LogP contribution in [-0.2, 0) is 6.42 Å². The van der Waals surface area contributed by atoms with Gasteiger partial charge in [-0.25, -0.2) is 0 Å². The molecule has 0 saturated carbocycles. The molecule has 1 fully saturated rings. The Balaban J connectivity index is 2.10. The zero-order valence-corrected chi connectivity index (χ0v) is 9.88. The average molecular weight is 204 g/mol. The van der Waals surface area contributed by atoms with E-state index in [1.165, 1.54) is 25.1 Å². The van der Waals surface area contributed by atoms with Crippen LogP contribution in [0, 0.1) is 25.7 Å². The van der Waals surface area contributed by atoms with Crippen LogP contribution in [0.4, 0.5) is 0 Å². The van der Waals surface area contributed by atoms with Gasteiger partial charge in [0.2, 0.25) is 0 Å². The normalized spacial score (nSPS) is 25.8. The van der Waals surface area contributed by atoms with E-state index >= 15 is 0 Å². The molecule has 2 atom stereocenters. The van der Waals surface area contributed by atoms with Crippen molar-refractivity contribution in [3.8, 4) is 0 Å². The van der Waals surface area contributed by atoms with Gasteiger partial charge in [-0.2, -0.15) is 0 Å². The largest absolute Gasteiger partial charge is 0.316 e. The fourth-order valence-corrected chi connectivity index (χ4v) is 2.48. The number of pyridine rings is 1. The Morgan fingerprint density at radius 1 is 1.27 bits per heavy atom. The summed E-state index contributed by atoms with van der Waals surface area (Å²) >= 11 is 0. The van der Waals surface area contributed by atoms with Crippen LogP contribution in [0.5, 0.6) is 0 Å². The van der Waals surface area contributed by atoms with Crippen LogP contribution in [0.1, 0.15) is 23.9 Å². The summed E-state index contributed by atoms with van der Waals surface area (Å²) in [4.78, 5) is 4.41. The minimum atomic E-state index is 0.797. The molecule has 82 valence electrons. The van der Waals surface area contributed by atoms with Gasteiger partial charge in [-0.15, -0.1) is 0 Å². The molecule has 2 heteroatoms. The molecule has 0 spiro atoms. The van der Waals surface area contributed by atoms with Gasteiger partial charge in [0, 0.05) is 11.4 Å². The quantitative estimate of drug-likeness (QED) is 0.798. The maximum Gasteiger partial charge on any atom is 0.0378 e. The maximum absolute atomic E-state index is 4.41. The van der Waals surface area contributed by atoms with E-state index < -0.39 is 0 Å². The molecule has 1 aliphatic heterocycles. The summed E-state index contributed by atoms with van der Waals surface area (Å²) in [6, 6.07) is 4.44. The molecule has 0 aromatic carbocycles. The smallest absolute Gasteiger partial charge is 0.0378 e. The van der Waals surface area contributed by atoms with E-state index in [0.29, 0.717) is 0 Å². The minimum Gasteiger partial charge on any atom is -0.316 e. The summed E-state index contributed by atoms with van der Waals surface area (Å²) in [6.07, 6.45) is 1.19. The van der Waals surface area contributed by atoms with Crippen molar-refractivity contribution in [1.29, 1.82) is 0 Å². The van der Waals surface area contributed by atoms with Gasteiger partial charge in [0.15, 0.2) is 0 Å². The predicted molar refractivity (Wildman–Crippen MR) is 62.9 cm³/mol. The van der Waals surface area contributed by atoms with Crippen LogP contribution in [0.2, 0.25) is 0 Å². The van der Waals surface area contributed by atoms with Gasteiger partial charge in [-0.3, -0.25) is 4.98 Å². The summed E-state index contributed by atoms with van der Waals surface area (Å²) in [7, 11) is 0. The maximum atomic E-state index is 4.41. The molecule has 0 radical (unpaired) electrons. The molecule has 1 aliphatic rings. The summed E-state index contributed by atoms with van der Waals surface area (Å²) in [5.41, 5.74) is 3.73. The predicted octanol–water partition coefficient (Wildman–Crippen LogP) is 2.10. The Kier molecular flexibility index (Phi) is 3.06. The Hall–Kier alpha value is -0.890. The topological polar surface area (TPSA) is 24.9 Å². The second-order valence-corrected chi connectivity index (χ2v) is 4.86. The number of hydrogen-bond acceptors (Lipinski definition) is 2. The van der Waals surface area contributed by atoms with Crippen LogP contribution < -0.4 is 5.32 Å². The Bertz CT molecular complexity index is 326. The summed E-state index contributed by atoms with van der Waals surface area (Å²) in [5, 5.41) is 3.46. The zero-order valence-electron chi connectivity index (χ0n) is 9.88. The van der Waals surface area contributed by atoms with Crippen molar-refractivity contribution in [2.24, 2.45) is 11.8 Å². The average Bonchev–Trinajstić information content (AvgIpc) is 2.50. The molecule has 2 heterocycles. The Morgan fingerprint density at radius 2 is 1.93 bits per heavy atom. The fraction of sp³-hybridized carbons (Fsp3) is 0.615. The molecular formula is C13H20N2. The Labute approximate surface area is 92.1 Å². The lowest BCUT2D eigenvalue weighted by molar-refractivity contribution is 0.450. The second-order valence-electron chi connectivity index (χ2n) is 4.86. The molecule has 1 aromatic heterocycles. The number of rotatable bonds is 2. The standard InChI is InChI=1S/C13H20N2/c1-9-7-14-8-13(9)6-12-4-10(2)15-11(3)5-12/h4-5,9,13-14H,6-8H2,1-3H3/t9-,13-/m0/s1. The van der Waals surface area contributed by atoms with Crippen LogP contribution >= 0.6 is 0 Å². The van der Waals surface area contributed by atoms with E-state index in [-0.39, 0.29) is 0 Å². The highest BCUT2D eigenvalue weighted by Gasteiger charge is 2.22. The molecular weight excluding hydrogens is 184 g/mol. The highest BCUT2D eigenvalue weighted by atomic mass is 14.9. The molecule has 0 unspecified atom stereocenters. The number of aromatic nitrogens is 1. The molecule has 15 heavy (non-hydrogen) atoms. The molecule has 1 aromatic rings. The molecule has 1 saturated heterocycles. The molecule has 0 aliphatic carbocycles. The van der Waals surface area contributed by atoms with Gasteiger partial charge in [-0.1, -0.05) is 6.92 Å². The lowest BCUT2D eigenvalue weighted by Gasteiger charge is -2.14. The van der Waals surface area contributed by atoms with E-state index in [4.69, 9.17) is 0 Å². The summed E-state index contributed by atoms with van der Waals surface area (Å²) in [5.74, 6) is 1.60. The highest BCUT2D eigenvalue weighted by molar-refractivity contribution is 5.21. The third-order valence-electron chi connectivity index (χ3n) is 3.32. The molecule has 2 rings (SSSR count). The number of hydrogen-bond donors (Lipinski definition) is 1. The molecule has 0 bridgehead atoms. The van der Waals surface area contributed by atoms with Crippen LogP contribution in [0.15, 0.2) is 12.1 Å². The van der Waals surface area contributed by atoms with Crippen molar-refractivity contribution in [3.63, 3.8) is 0 Å². The van der Waals surface area contributed by atoms with Gasteiger partial charge >= 0.3 is 0 Å². The SMILES string of the molecule is Cc1cc(C[C@H]2CNC[C@@H]2C)cc(C)n1. The van der Waals surface area contributed by atoms with E-state index in [1.807, 2.05) is 0 Å². The first kappa shape index (κ1) is 10.6. The van der Waals surface area contributed by atoms with Crippen molar-refractivity contribution >= 4 is 0 Å².